The van der Waals surface area contributed by atoms with Crippen LogP contribution in [-0.4, -0.2) is 6.10 Å². The summed E-state index contributed by atoms with van der Waals surface area (Å²) in [5, 5.41) is 0. The summed E-state index contributed by atoms with van der Waals surface area (Å²) >= 11 is 0. The topological polar surface area (TPSA) is 9.23 Å². The number of hydrogen-bond donors (Lipinski definition) is 0. The number of rotatable bonds is 4. The Hall–Kier alpha value is -2.46. The Morgan fingerprint density at radius 3 is 2.28 bits per heavy atom. The van der Waals surface area contributed by atoms with Crippen LogP contribution in [0.15, 0.2) is 54.1 Å². The van der Waals surface area contributed by atoms with E-state index in [4.69, 9.17) is 11.2 Å². The minimum Gasteiger partial charge on any atom is -0.490 e. The molecule has 2 aromatic rings. The molecule has 0 N–H and O–H groups in total. The van der Waals surface area contributed by atoms with E-state index in [-0.39, 0.29) is 6.10 Å². The minimum absolute atomic E-state index is 0.227. The summed E-state index contributed by atoms with van der Waals surface area (Å²) in [5.41, 5.74) is 6.19. The lowest BCUT2D eigenvalue weighted by Gasteiger charge is -2.15. The van der Waals surface area contributed by atoms with E-state index < -0.39 is 0 Å². The molecule has 3 rings (SSSR count). The van der Waals surface area contributed by atoms with E-state index in [0.29, 0.717) is 0 Å². The molecule has 0 atom stereocenters. The SMILES string of the molecule is C#C/C(C)=C(/CC)c1cccc(OC2Cc3ccccc3C2)c1.CC. The van der Waals surface area contributed by atoms with Gasteiger partial charge in [-0.1, -0.05) is 63.1 Å². The molecular weight excluding hydrogens is 304 g/mol. The van der Waals surface area contributed by atoms with Crippen LogP contribution in [0.3, 0.4) is 0 Å². The number of benzene rings is 2. The van der Waals surface area contributed by atoms with Crippen LogP contribution in [0.25, 0.3) is 5.57 Å². The number of ether oxygens (including phenoxy) is 1. The third-order valence-corrected chi connectivity index (χ3v) is 4.52. The van der Waals surface area contributed by atoms with Crippen LogP contribution < -0.4 is 4.74 Å². The molecule has 0 saturated heterocycles. The highest BCUT2D eigenvalue weighted by Gasteiger charge is 2.22. The Morgan fingerprint density at radius 1 is 1.08 bits per heavy atom. The maximum absolute atomic E-state index is 6.23. The van der Waals surface area contributed by atoms with Crippen molar-refractivity contribution in [2.24, 2.45) is 0 Å². The second-order valence-electron chi connectivity index (χ2n) is 6.05. The highest BCUT2D eigenvalue weighted by molar-refractivity contribution is 5.72. The molecular formula is C24H28O. The second-order valence-corrected chi connectivity index (χ2v) is 6.05. The summed E-state index contributed by atoms with van der Waals surface area (Å²) in [7, 11) is 0. The van der Waals surface area contributed by atoms with Crippen molar-refractivity contribution in [3.63, 3.8) is 0 Å². The Balaban J connectivity index is 0.00000109. The summed E-state index contributed by atoms with van der Waals surface area (Å²) in [4.78, 5) is 0. The molecule has 0 unspecified atom stereocenters. The first-order valence-electron chi connectivity index (χ1n) is 9.21. The van der Waals surface area contributed by atoms with Crippen molar-refractivity contribution in [1.29, 1.82) is 0 Å². The van der Waals surface area contributed by atoms with E-state index in [1.54, 1.807) is 0 Å². The average molecular weight is 332 g/mol. The van der Waals surface area contributed by atoms with Crippen molar-refractivity contribution >= 4 is 5.57 Å². The Bertz CT molecular complexity index is 752. The lowest BCUT2D eigenvalue weighted by atomic mass is 9.98. The summed E-state index contributed by atoms with van der Waals surface area (Å²) in [6.07, 6.45) is 8.69. The van der Waals surface area contributed by atoms with E-state index in [9.17, 15) is 0 Å². The third-order valence-electron chi connectivity index (χ3n) is 4.52. The van der Waals surface area contributed by atoms with E-state index in [2.05, 4.69) is 49.2 Å². The summed E-state index contributed by atoms with van der Waals surface area (Å²) in [6, 6.07) is 16.9. The van der Waals surface area contributed by atoms with E-state index in [1.807, 2.05) is 32.9 Å². The van der Waals surface area contributed by atoms with Crippen molar-refractivity contribution < 1.29 is 4.74 Å². The fourth-order valence-electron chi connectivity index (χ4n) is 3.32. The van der Waals surface area contributed by atoms with E-state index >= 15 is 0 Å². The van der Waals surface area contributed by atoms with Crippen LogP contribution in [0.1, 0.15) is 50.8 Å². The molecule has 0 amide bonds. The van der Waals surface area contributed by atoms with Gasteiger partial charge in [-0.15, -0.1) is 6.42 Å². The van der Waals surface area contributed by atoms with Crippen molar-refractivity contribution in [3.05, 3.63) is 70.8 Å². The Kier molecular flexibility index (Phi) is 6.90. The van der Waals surface area contributed by atoms with Gasteiger partial charge in [0.25, 0.3) is 0 Å². The largest absolute Gasteiger partial charge is 0.490 e. The maximum Gasteiger partial charge on any atom is 0.120 e. The average Bonchev–Trinajstić information content (AvgIpc) is 3.06. The van der Waals surface area contributed by atoms with Crippen LogP contribution in [0.5, 0.6) is 5.75 Å². The van der Waals surface area contributed by atoms with Gasteiger partial charge in [-0.2, -0.15) is 0 Å². The number of allylic oxidation sites excluding steroid dienone is 2. The second kappa shape index (κ2) is 9.14. The smallest absolute Gasteiger partial charge is 0.120 e. The molecule has 1 aliphatic rings. The third kappa shape index (κ3) is 4.54. The molecule has 1 aliphatic carbocycles. The van der Waals surface area contributed by atoms with Crippen LogP contribution in [0.2, 0.25) is 0 Å². The summed E-state index contributed by atoms with van der Waals surface area (Å²) < 4.78 is 6.23. The molecule has 0 radical (unpaired) electrons. The van der Waals surface area contributed by atoms with Gasteiger partial charge in [-0.05, 0) is 47.7 Å². The minimum atomic E-state index is 0.227. The predicted octanol–water partition coefficient (Wildman–Crippen LogP) is 6.08. The van der Waals surface area contributed by atoms with Crippen molar-refractivity contribution in [3.8, 4) is 18.1 Å². The Morgan fingerprint density at radius 2 is 1.72 bits per heavy atom. The molecule has 25 heavy (non-hydrogen) atoms. The lowest BCUT2D eigenvalue weighted by molar-refractivity contribution is 0.214. The maximum atomic E-state index is 6.23. The van der Waals surface area contributed by atoms with Crippen molar-refractivity contribution in [2.45, 2.75) is 53.1 Å². The standard InChI is InChI=1S/C22H22O.C2H6/c1-4-16(3)22(5-2)19-11-8-12-20(15-19)23-21-13-17-9-6-7-10-18(17)14-21;1-2/h1,6-12,15,21H,5,13-14H2,2-3H3;1-2H3/b22-16-;. The molecule has 0 saturated carbocycles. The van der Waals surface area contributed by atoms with Crippen LogP contribution in [0.4, 0.5) is 0 Å². The van der Waals surface area contributed by atoms with Crippen LogP contribution in [0, 0.1) is 12.3 Å². The van der Waals surface area contributed by atoms with Gasteiger partial charge in [0.15, 0.2) is 0 Å². The van der Waals surface area contributed by atoms with Gasteiger partial charge >= 0.3 is 0 Å². The van der Waals surface area contributed by atoms with Gasteiger partial charge in [-0.25, -0.2) is 0 Å². The molecule has 2 aromatic carbocycles. The molecule has 0 bridgehead atoms. The molecule has 0 fully saturated rings. The quantitative estimate of drug-likeness (QED) is 0.617. The highest BCUT2D eigenvalue weighted by Crippen LogP contribution is 2.29. The molecule has 1 nitrogen and oxygen atoms in total. The highest BCUT2D eigenvalue weighted by atomic mass is 16.5. The predicted molar refractivity (Wildman–Crippen MR) is 108 cm³/mol. The monoisotopic (exact) mass is 332 g/mol. The first kappa shape index (κ1) is 18.9. The van der Waals surface area contributed by atoms with Gasteiger partial charge in [0.1, 0.15) is 11.9 Å². The molecule has 0 aliphatic heterocycles. The molecule has 0 aromatic heterocycles. The van der Waals surface area contributed by atoms with E-state index in [0.717, 1.165) is 36.1 Å². The zero-order valence-electron chi connectivity index (χ0n) is 15.8. The van der Waals surface area contributed by atoms with Gasteiger partial charge in [-0.3, -0.25) is 0 Å². The van der Waals surface area contributed by atoms with Gasteiger partial charge in [0.2, 0.25) is 0 Å². The normalized spacial score (nSPS) is 13.9. The van der Waals surface area contributed by atoms with Crippen LogP contribution >= 0.6 is 0 Å². The van der Waals surface area contributed by atoms with Crippen molar-refractivity contribution in [2.75, 3.05) is 0 Å². The van der Waals surface area contributed by atoms with Crippen molar-refractivity contribution in [1.82, 2.24) is 0 Å². The summed E-state index contributed by atoms with van der Waals surface area (Å²) in [6.45, 7) is 8.14. The number of fused-ring (bicyclic) bond motifs is 1. The Labute approximate surface area is 152 Å². The van der Waals surface area contributed by atoms with Gasteiger partial charge in [0.05, 0.1) is 0 Å². The zero-order valence-corrected chi connectivity index (χ0v) is 15.8. The molecule has 130 valence electrons. The molecule has 0 heterocycles. The number of hydrogen-bond acceptors (Lipinski definition) is 1. The number of terminal acetylenes is 1. The molecule has 0 spiro atoms. The lowest BCUT2D eigenvalue weighted by Crippen LogP contribution is -2.16. The van der Waals surface area contributed by atoms with Gasteiger partial charge < -0.3 is 4.74 Å². The van der Waals surface area contributed by atoms with Gasteiger partial charge in [0, 0.05) is 18.4 Å². The summed E-state index contributed by atoms with van der Waals surface area (Å²) in [5.74, 6) is 3.68. The molecule has 1 heteroatoms. The fraction of sp³-hybridized carbons (Fsp3) is 0.333. The first-order chi connectivity index (χ1) is 12.2. The van der Waals surface area contributed by atoms with E-state index in [1.165, 1.54) is 16.7 Å². The fourth-order valence-corrected chi connectivity index (χ4v) is 3.32. The first-order valence-corrected chi connectivity index (χ1v) is 9.21. The zero-order chi connectivity index (χ0) is 18.2. The van der Waals surface area contributed by atoms with Crippen LogP contribution in [-0.2, 0) is 12.8 Å².